The van der Waals surface area contributed by atoms with Gasteiger partial charge in [0.1, 0.15) is 17.4 Å². The highest BCUT2D eigenvalue weighted by Crippen LogP contribution is 2.26. The number of hydrogen-bond acceptors (Lipinski definition) is 6. The molecule has 10 heteroatoms. The number of benzene rings is 2. The summed E-state index contributed by atoms with van der Waals surface area (Å²) in [6.45, 7) is 6.18. The number of nitro benzene ring substituents is 1. The van der Waals surface area contributed by atoms with E-state index in [2.05, 4.69) is 5.32 Å². The van der Waals surface area contributed by atoms with E-state index in [0.29, 0.717) is 4.90 Å². The third-order valence-corrected chi connectivity index (χ3v) is 4.09. The van der Waals surface area contributed by atoms with Crippen molar-refractivity contribution >= 4 is 29.3 Å². The number of carbonyl (C=O) groups is 3. The fourth-order valence-electron chi connectivity index (χ4n) is 2.75. The Kier molecular flexibility index (Phi) is 7.14. The second-order valence-electron chi connectivity index (χ2n) is 7.63. The van der Waals surface area contributed by atoms with E-state index in [1.807, 2.05) is 0 Å². The quantitative estimate of drug-likeness (QED) is 0.524. The van der Waals surface area contributed by atoms with Crippen molar-refractivity contribution < 1.29 is 29.8 Å². The van der Waals surface area contributed by atoms with Crippen LogP contribution >= 0.6 is 0 Å². The van der Waals surface area contributed by atoms with Crippen molar-refractivity contribution in [3.05, 3.63) is 70.0 Å². The molecular formula is C22H24FN3O6. The van der Waals surface area contributed by atoms with E-state index in [-0.39, 0.29) is 12.1 Å². The summed E-state index contributed by atoms with van der Waals surface area (Å²) in [6, 6.07) is 7.68. The predicted molar refractivity (Wildman–Crippen MR) is 115 cm³/mol. The summed E-state index contributed by atoms with van der Waals surface area (Å²) >= 11 is 0. The molecule has 0 saturated heterocycles. The summed E-state index contributed by atoms with van der Waals surface area (Å²) in [4.78, 5) is 50.0. The Morgan fingerprint density at radius 2 is 1.81 bits per heavy atom. The number of nitro groups is 1. The highest BCUT2D eigenvalue weighted by molar-refractivity contribution is 6.23. The van der Waals surface area contributed by atoms with E-state index in [1.165, 1.54) is 31.2 Å². The van der Waals surface area contributed by atoms with Crippen molar-refractivity contribution in [2.75, 3.05) is 4.90 Å². The number of halogens is 1. The Labute approximate surface area is 185 Å². The summed E-state index contributed by atoms with van der Waals surface area (Å²) in [5.41, 5.74) is -2.79. The van der Waals surface area contributed by atoms with Crippen LogP contribution in [0.5, 0.6) is 0 Å². The van der Waals surface area contributed by atoms with Crippen LogP contribution < -0.4 is 10.2 Å². The second kappa shape index (κ2) is 9.99. The molecule has 0 aromatic heterocycles. The fraction of sp³-hybridized carbons (Fsp3) is 0.318. The molecule has 0 aliphatic heterocycles. The number of nitrogens with zero attached hydrogens (tertiary/aromatic N) is 2. The molecular weight excluding hydrogens is 421 g/mol. The first-order valence-corrected chi connectivity index (χ1v) is 9.68. The molecule has 1 N–H and O–H groups in total. The molecule has 0 unspecified atom stereocenters. The molecule has 170 valence electrons. The molecule has 2 aromatic carbocycles. The molecule has 3 amide bonds. The largest absolute Gasteiger partial charge is 0.444 e. The maximum atomic E-state index is 14.6. The Morgan fingerprint density at radius 1 is 1.19 bits per heavy atom. The third-order valence-electron chi connectivity index (χ3n) is 4.09. The molecule has 0 fully saturated rings. The van der Waals surface area contributed by atoms with E-state index < -0.39 is 51.5 Å². The zero-order chi connectivity index (χ0) is 25.0. The molecule has 0 heterocycles. The van der Waals surface area contributed by atoms with Gasteiger partial charge in [-0.1, -0.05) is 31.2 Å². The topological polar surface area (TPSA) is 119 Å². The molecule has 0 spiro atoms. The number of imide groups is 1. The number of para-hydroxylation sites is 1. The zero-order valence-electron chi connectivity index (χ0n) is 19.0. The normalized spacial score (nSPS) is 13.3. The van der Waals surface area contributed by atoms with Crippen LogP contribution in [0.15, 0.2) is 48.5 Å². The van der Waals surface area contributed by atoms with E-state index in [4.69, 9.17) is 6.11 Å². The van der Waals surface area contributed by atoms with Crippen LogP contribution in [0.1, 0.15) is 45.8 Å². The van der Waals surface area contributed by atoms with Crippen LogP contribution in [0, 0.1) is 15.9 Å². The molecule has 0 aliphatic carbocycles. The first kappa shape index (κ1) is 22.9. The molecule has 0 radical (unpaired) electrons. The molecule has 2 rings (SSSR count). The zero-order valence-corrected chi connectivity index (χ0v) is 18.0. The fourth-order valence-corrected chi connectivity index (χ4v) is 2.75. The number of alkyl carbamates (subject to hydrolysis) is 1. The van der Waals surface area contributed by atoms with Gasteiger partial charge >= 0.3 is 6.09 Å². The van der Waals surface area contributed by atoms with Crippen LogP contribution in [0.3, 0.4) is 0 Å². The van der Waals surface area contributed by atoms with Gasteiger partial charge in [0.2, 0.25) is 0 Å². The lowest BCUT2D eigenvalue weighted by atomic mass is 10.1. The molecule has 2 aromatic rings. The van der Waals surface area contributed by atoms with Crippen LogP contribution in [0.4, 0.5) is 20.6 Å². The standard InChI is InChI=1S/C22H24FN3O6/c1-5-16(24-21(29)32-22(2,3)4)19(27)25(14-10-7-6-8-11-14)20(28)18-15(23)12-9-13-17(18)26(30)31/h6-13,16H,5H2,1-4H3,(H,24,29)/t16-/m0/s1/i16D. The minimum absolute atomic E-state index is 0.0684. The summed E-state index contributed by atoms with van der Waals surface area (Å²) < 4.78 is 28.2. The van der Waals surface area contributed by atoms with Crippen molar-refractivity contribution in [1.82, 2.24) is 5.32 Å². The molecule has 0 saturated carbocycles. The minimum Gasteiger partial charge on any atom is -0.444 e. The Balaban J connectivity index is 2.60. The van der Waals surface area contributed by atoms with Crippen LogP contribution in [0.25, 0.3) is 0 Å². The van der Waals surface area contributed by atoms with E-state index >= 15 is 0 Å². The Morgan fingerprint density at radius 3 is 2.34 bits per heavy atom. The molecule has 0 aliphatic rings. The molecule has 9 nitrogen and oxygen atoms in total. The van der Waals surface area contributed by atoms with Gasteiger partial charge in [0.15, 0.2) is 5.56 Å². The van der Waals surface area contributed by atoms with Crippen molar-refractivity contribution in [2.45, 2.75) is 45.7 Å². The van der Waals surface area contributed by atoms with Gasteiger partial charge in [0, 0.05) is 6.07 Å². The first-order valence-electron chi connectivity index (χ1n) is 10.2. The number of nitrogens with one attached hydrogen (secondary N) is 1. The van der Waals surface area contributed by atoms with Crippen molar-refractivity contribution in [2.24, 2.45) is 0 Å². The Hall–Kier alpha value is -3.82. The van der Waals surface area contributed by atoms with Crippen molar-refractivity contribution in [3.8, 4) is 0 Å². The van der Waals surface area contributed by atoms with Crippen molar-refractivity contribution in [3.63, 3.8) is 0 Å². The summed E-state index contributed by atoms with van der Waals surface area (Å²) in [5.74, 6) is -3.81. The lowest BCUT2D eigenvalue weighted by Gasteiger charge is -2.27. The van der Waals surface area contributed by atoms with Gasteiger partial charge in [0.25, 0.3) is 17.5 Å². The number of hydrogen-bond donors (Lipinski definition) is 1. The van der Waals surface area contributed by atoms with Crippen LogP contribution in [-0.4, -0.2) is 34.4 Å². The maximum Gasteiger partial charge on any atom is 0.408 e. The molecule has 1 atom stereocenters. The SMILES string of the molecule is [2H][C@@](CC)(NC(=O)OC(C)(C)C)C(=O)N(C(=O)c1c(F)cccc1[N+](=O)[O-])c1ccccc1. The van der Waals surface area contributed by atoms with Gasteiger partial charge in [-0.25, -0.2) is 14.1 Å². The minimum atomic E-state index is -2.39. The van der Waals surface area contributed by atoms with E-state index in [0.717, 1.165) is 18.2 Å². The van der Waals surface area contributed by atoms with Crippen LogP contribution in [0.2, 0.25) is 0 Å². The monoisotopic (exact) mass is 446 g/mol. The first-order chi connectivity index (χ1) is 15.3. The third kappa shape index (κ3) is 5.87. The number of ether oxygens (including phenoxy) is 1. The number of carbonyl (C=O) groups excluding carboxylic acids is 3. The highest BCUT2D eigenvalue weighted by Gasteiger charge is 2.36. The average molecular weight is 446 g/mol. The number of rotatable bonds is 6. The predicted octanol–water partition coefficient (Wildman–Crippen LogP) is 4.21. The molecule has 32 heavy (non-hydrogen) atoms. The number of amides is 3. The average Bonchev–Trinajstić information content (AvgIpc) is 2.72. The van der Waals surface area contributed by atoms with E-state index in [9.17, 15) is 28.9 Å². The van der Waals surface area contributed by atoms with Crippen LogP contribution in [-0.2, 0) is 9.53 Å². The highest BCUT2D eigenvalue weighted by atomic mass is 19.1. The lowest BCUT2D eigenvalue weighted by Crippen LogP contribution is -2.51. The smallest absolute Gasteiger partial charge is 0.408 e. The second-order valence-corrected chi connectivity index (χ2v) is 7.63. The summed E-state index contributed by atoms with van der Waals surface area (Å²) in [7, 11) is 0. The summed E-state index contributed by atoms with van der Waals surface area (Å²) in [6.07, 6.45) is -1.37. The van der Waals surface area contributed by atoms with Gasteiger partial charge in [0.05, 0.1) is 12.0 Å². The molecule has 0 bridgehead atoms. The number of anilines is 1. The maximum absolute atomic E-state index is 14.6. The van der Waals surface area contributed by atoms with Gasteiger partial charge in [-0.15, -0.1) is 0 Å². The summed E-state index contributed by atoms with van der Waals surface area (Å²) in [5, 5.41) is 13.6. The van der Waals surface area contributed by atoms with Gasteiger partial charge in [-0.05, 0) is 45.4 Å². The van der Waals surface area contributed by atoms with Crippen molar-refractivity contribution in [1.29, 1.82) is 0 Å². The van der Waals surface area contributed by atoms with Gasteiger partial charge < -0.3 is 10.1 Å². The Bertz CT molecular complexity index is 1070. The van der Waals surface area contributed by atoms with Gasteiger partial charge in [-0.2, -0.15) is 0 Å². The van der Waals surface area contributed by atoms with Gasteiger partial charge in [-0.3, -0.25) is 19.7 Å². The lowest BCUT2D eigenvalue weighted by molar-refractivity contribution is -0.385. The van der Waals surface area contributed by atoms with E-state index in [1.54, 1.807) is 26.8 Å².